The molecule has 0 aromatic heterocycles. The maximum absolute atomic E-state index is 13.9. The van der Waals surface area contributed by atoms with Crippen LogP contribution in [0.15, 0.2) is 84.9 Å². The third-order valence-corrected chi connectivity index (χ3v) is 6.51. The van der Waals surface area contributed by atoms with Crippen molar-refractivity contribution in [2.75, 3.05) is 6.67 Å². The van der Waals surface area contributed by atoms with Crippen LogP contribution in [0.25, 0.3) is 0 Å². The second-order valence-electron chi connectivity index (χ2n) is 11.4. The van der Waals surface area contributed by atoms with Crippen molar-refractivity contribution in [3.63, 3.8) is 0 Å². The fourth-order valence-electron chi connectivity index (χ4n) is 4.16. The van der Waals surface area contributed by atoms with Gasteiger partial charge in [-0.25, -0.2) is 14.0 Å². The number of rotatable bonds is 13. The van der Waals surface area contributed by atoms with Gasteiger partial charge in [-0.3, -0.25) is 20.3 Å². The van der Waals surface area contributed by atoms with Gasteiger partial charge in [-0.15, -0.1) is 0 Å². The van der Waals surface area contributed by atoms with Gasteiger partial charge in [-0.2, -0.15) is 0 Å². The minimum atomic E-state index is -1.49. The third kappa shape index (κ3) is 12.4. The van der Waals surface area contributed by atoms with E-state index in [-0.39, 0.29) is 25.4 Å². The molecule has 3 rings (SSSR count). The molecular weight excluding hydrogens is 593 g/mol. The van der Waals surface area contributed by atoms with Crippen molar-refractivity contribution < 1.29 is 33.0 Å². The van der Waals surface area contributed by atoms with E-state index in [0.717, 1.165) is 11.1 Å². The molecule has 12 heteroatoms. The normalized spacial score (nSPS) is 12.2. The summed E-state index contributed by atoms with van der Waals surface area (Å²) in [4.78, 5) is 50.4. The molecule has 0 aliphatic carbocycles. The van der Waals surface area contributed by atoms with Crippen LogP contribution in [0.4, 0.5) is 14.0 Å². The Kier molecular flexibility index (Phi) is 13.2. The largest absolute Gasteiger partial charge is 0.444 e. The maximum Gasteiger partial charge on any atom is 0.413 e. The van der Waals surface area contributed by atoms with Crippen molar-refractivity contribution >= 4 is 29.8 Å². The first-order valence-corrected chi connectivity index (χ1v) is 14.8. The van der Waals surface area contributed by atoms with Gasteiger partial charge in [0.25, 0.3) is 0 Å². The van der Waals surface area contributed by atoms with E-state index in [2.05, 4.69) is 21.3 Å². The van der Waals surface area contributed by atoms with Crippen LogP contribution in [0.1, 0.15) is 49.4 Å². The Morgan fingerprint density at radius 3 is 1.96 bits per heavy atom. The lowest BCUT2D eigenvalue weighted by Gasteiger charge is -2.24. The minimum absolute atomic E-state index is 0.0129. The SMILES string of the molecule is CC(C)(C)OC(=O)N[C@H](CCc1ccccc1)C(=O)NC(CF)C(=O)NCc1ccc(C(=N)NC(=O)OCc2ccccc2)cc1. The number of aryl methyl sites for hydroxylation is 1. The van der Waals surface area contributed by atoms with Crippen LogP contribution < -0.4 is 21.3 Å². The van der Waals surface area contributed by atoms with Gasteiger partial charge in [-0.1, -0.05) is 84.9 Å². The topological polar surface area (TPSA) is 159 Å². The molecule has 0 aliphatic heterocycles. The molecule has 244 valence electrons. The lowest BCUT2D eigenvalue weighted by molar-refractivity contribution is -0.130. The van der Waals surface area contributed by atoms with Crippen molar-refractivity contribution in [3.8, 4) is 0 Å². The van der Waals surface area contributed by atoms with Crippen molar-refractivity contribution in [2.24, 2.45) is 0 Å². The highest BCUT2D eigenvalue weighted by Crippen LogP contribution is 2.10. The van der Waals surface area contributed by atoms with Gasteiger partial charge in [-0.05, 0) is 50.3 Å². The monoisotopic (exact) mass is 633 g/mol. The van der Waals surface area contributed by atoms with Crippen molar-refractivity contribution in [3.05, 3.63) is 107 Å². The molecule has 4 amide bonds. The molecule has 0 fully saturated rings. The molecule has 0 spiro atoms. The van der Waals surface area contributed by atoms with Gasteiger partial charge < -0.3 is 25.4 Å². The summed E-state index contributed by atoms with van der Waals surface area (Å²) in [5.41, 5.74) is 1.99. The molecular formula is C34H40FN5O6. The molecule has 0 aliphatic rings. The Bertz CT molecular complexity index is 1460. The van der Waals surface area contributed by atoms with Gasteiger partial charge in [0.05, 0.1) is 0 Å². The van der Waals surface area contributed by atoms with Crippen molar-refractivity contribution in [1.82, 2.24) is 21.3 Å². The summed E-state index contributed by atoms with van der Waals surface area (Å²) in [7, 11) is 0. The zero-order chi connectivity index (χ0) is 33.5. The number of ether oxygens (including phenoxy) is 2. The van der Waals surface area contributed by atoms with Crippen LogP contribution >= 0.6 is 0 Å². The third-order valence-electron chi connectivity index (χ3n) is 6.51. The Morgan fingerprint density at radius 1 is 0.761 bits per heavy atom. The van der Waals surface area contributed by atoms with Crippen LogP contribution in [-0.2, 0) is 38.6 Å². The van der Waals surface area contributed by atoms with E-state index in [1.807, 2.05) is 60.7 Å². The van der Waals surface area contributed by atoms with Crippen LogP contribution in [0.3, 0.4) is 0 Å². The summed E-state index contributed by atoms with van der Waals surface area (Å²) < 4.78 is 24.3. The van der Waals surface area contributed by atoms with Gasteiger partial charge in [0, 0.05) is 12.1 Å². The Hall–Kier alpha value is -5.26. The highest BCUT2D eigenvalue weighted by atomic mass is 19.1. The fourth-order valence-corrected chi connectivity index (χ4v) is 4.16. The van der Waals surface area contributed by atoms with Crippen LogP contribution in [0, 0.1) is 5.41 Å². The molecule has 1 unspecified atom stereocenters. The predicted molar refractivity (Wildman–Crippen MR) is 171 cm³/mol. The molecule has 0 radical (unpaired) electrons. The number of hydrogen-bond donors (Lipinski definition) is 5. The average molecular weight is 634 g/mol. The summed E-state index contributed by atoms with van der Waals surface area (Å²) in [5, 5.41) is 18.0. The molecule has 0 saturated heterocycles. The molecule has 5 N–H and O–H groups in total. The second kappa shape index (κ2) is 17.3. The Labute approximate surface area is 267 Å². The highest BCUT2D eigenvalue weighted by Gasteiger charge is 2.28. The molecule has 2 atom stereocenters. The van der Waals surface area contributed by atoms with Gasteiger partial charge in [0.1, 0.15) is 36.8 Å². The summed E-state index contributed by atoms with van der Waals surface area (Å²) >= 11 is 0. The van der Waals surface area contributed by atoms with Gasteiger partial charge in [0.2, 0.25) is 11.8 Å². The van der Waals surface area contributed by atoms with E-state index >= 15 is 0 Å². The molecule has 0 saturated carbocycles. The summed E-state index contributed by atoms with van der Waals surface area (Å²) in [6.07, 6.45) is -0.943. The summed E-state index contributed by atoms with van der Waals surface area (Å²) in [5.74, 6) is -1.65. The van der Waals surface area contributed by atoms with Gasteiger partial charge in [0.15, 0.2) is 0 Å². The summed E-state index contributed by atoms with van der Waals surface area (Å²) in [6.45, 7) is 3.97. The fraction of sp³-hybridized carbons (Fsp3) is 0.324. The quantitative estimate of drug-likeness (QED) is 0.137. The smallest absolute Gasteiger partial charge is 0.413 e. The second-order valence-corrected chi connectivity index (χ2v) is 11.4. The van der Waals surface area contributed by atoms with E-state index in [1.165, 1.54) is 0 Å². The van der Waals surface area contributed by atoms with Crippen LogP contribution in [-0.4, -0.2) is 54.2 Å². The number of amides is 4. The molecule has 0 bridgehead atoms. The number of carbonyl (C=O) groups is 4. The van der Waals surface area contributed by atoms with Crippen LogP contribution in [0.5, 0.6) is 0 Å². The lowest BCUT2D eigenvalue weighted by atomic mass is 10.0. The first-order valence-electron chi connectivity index (χ1n) is 14.8. The zero-order valence-electron chi connectivity index (χ0n) is 26.1. The number of alkyl halides is 1. The molecule has 3 aromatic rings. The maximum atomic E-state index is 13.9. The Balaban J connectivity index is 1.52. The van der Waals surface area contributed by atoms with E-state index in [4.69, 9.17) is 14.9 Å². The first kappa shape index (κ1) is 35.2. The average Bonchev–Trinajstić information content (AvgIpc) is 3.03. The standard InChI is InChI=1S/C34H40FN5O6/c1-34(2,3)46-33(44)39-27(19-16-23-10-6-4-7-11-23)31(42)38-28(20-35)30(41)37-21-24-14-17-26(18-15-24)29(36)40-32(43)45-22-25-12-8-5-9-13-25/h4-15,17-18,27-28H,16,19-22H2,1-3H3,(H,37,41)(H,38,42)(H,39,44)(H2,36,40,43)/t27-,28?/m1/s1. The summed E-state index contributed by atoms with van der Waals surface area (Å²) in [6, 6.07) is 22.3. The van der Waals surface area contributed by atoms with E-state index < -0.39 is 48.4 Å². The lowest BCUT2D eigenvalue weighted by Crippen LogP contribution is -2.55. The minimum Gasteiger partial charge on any atom is -0.444 e. The number of benzene rings is 3. The van der Waals surface area contributed by atoms with E-state index in [1.54, 1.807) is 45.0 Å². The number of nitrogens with one attached hydrogen (secondary N) is 5. The van der Waals surface area contributed by atoms with Crippen molar-refractivity contribution in [2.45, 2.75) is 64.4 Å². The molecule has 46 heavy (non-hydrogen) atoms. The van der Waals surface area contributed by atoms with E-state index in [9.17, 15) is 23.6 Å². The molecule has 11 nitrogen and oxygen atoms in total. The van der Waals surface area contributed by atoms with Gasteiger partial charge >= 0.3 is 12.2 Å². The molecule has 0 heterocycles. The number of hydrogen-bond acceptors (Lipinski definition) is 7. The number of amidine groups is 1. The number of carbonyl (C=O) groups excluding carboxylic acids is 4. The predicted octanol–water partition coefficient (Wildman–Crippen LogP) is 4.53. The zero-order valence-corrected chi connectivity index (χ0v) is 26.1. The highest BCUT2D eigenvalue weighted by molar-refractivity contribution is 6.04. The number of halogens is 1. The first-order chi connectivity index (χ1) is 21.9. The van der Waals surface area contributed by atoms with E-state index in [0.29, 0.717) is 17.5 Å². The number of alkyl carbamates (subject to hydrolysis) is 2. The van der Waals surface area contributed by atoms with Crippen molar-refractivity contribution in [1.29, 1.82) is 5.41 Å². The molecule has 3 aromatic carbocycles. The van der Waals surface area contributed by atoms with Crippen LogP contribution in [0.2, 0.25) is 0 Å². The Morgan fingerprint density at radius 2 is 1.37 bits per heavy atom.